The van der Waals surface area contributed by atoms with Gasteiger partial charge < -0.3 is 10.5 Å². The Balaban J connectivity index is 2.07. The van der Waals surface area contributed by atoms with Gasteiger partial charge in [-0.3, -0.25) is 9.69 Å². The van der Waals surface area contributed by atoms with Gasteiger partial charge in [0.15, 0.2) is 0 Å². The first kappa shape index (κ1) is 12.0. The largest absolute Gasteiger partial charge is 0.378 e. The van der Waals surface area contributed by atoms with Crippen molar-refractivity contribution in [1.82, 2.24) is 4.90 Å². The maximum atomic E-state index is 11.3. The van der Waals surface area contributed by atoms with E-state index >= 15 is 0 Å². The van der Waals surface area contributed by atoms with Crippen LogP contribution in [-0.2, 0) is 16.1 Å². The van der Waals surface area contributed by atoms with E-state index in [2.05, 4.69) is 20.8 Å². The first-order valence-corrected chi connectivity index (χ1v) is 6.68. The lowest BCUT2D eigenvalue weighted by Gasteiger charge is -2.33. The normalized spacial score (nSPS) is 22.2. The van der Waals surface area contributed by atoms with Gasteiger partial charge in [0, 0.05) is 22.4 Å². The van der Waals surface area contributed by atoms with Gasteiger partial charge in [-0.2, -0.15) is 0 Å². The molecule has 0 radical (unpaired) electrons. The van der Waals surface area contributed by atoms with Crippen molar-refractivity contribution in [3.63, 3.8) is 0 Å². The number of halogens is 1. The molecule has 0 spiro atoms. The van der Waals surface area contributed by atoms with Crippen LogP contribution in [0.1, 0.15) is 4.88 Å². The molecule has 6 heteroatoms. The maximum absolute atomic E-state index is 11.3. The van der Waals surface area contributed by atoms with Crippen molar-refractivity contribution < 1.29 is 9.53 Å². The summed E-state index contributed by atoms with van der Waals surface area (Å²) in [4.78, 5) is 14.6. The van der Waals surface area contributed by atoms with E-state index in [0.29, 0.717) is 13.2 Å². The van der Waals surface area contributed by atoms with E-state index in [-0.39, 0.29) is 11.9 Å². The van der Waals surface area contributed by atoms with Gasteiger partial charge >= 0.3 is 0 Å². The third-order valence-corrected chi connectivity index (χ3v) is 4.52. The summed E-state index contributed by atoms with van der Waals surface area (Å²) < 4.78 is 6.36. The second-order valence-corrected chi connectivity index (χ2v) is 5.51. The molecule has 0 bridgehead atoms. The summed E-state index contributed by atoms with van der Waals surface area (Å²) in [5.41, 5.74) is 5.36. The molecule has 2 rings (SSSR count). The third kappa shape index (κ3) is 2.63. The summed E-state index contributed by atoms with van der Waals surface area (Å²) in [6, 6.07) is 1.71. The minimum atomic E-state index is -0.313. The fourth-order valence-corrected chi connectivity index (χ4v) is 3.21. The first-order valence-electron chi connectivity index (χ1n) is 5.01. The van der Waals surface area contributed by atoms with Crippen LogP contribution in [-0.4, -0.2) is 36.6 Å². The molecule has 2 N–H and O–H groups in total. The number of thiophene rings is 1. The van der Waals surface area contributed by atoms with E-state index in [1.807, 2.05) is 11.4 Å². The molecule has 0 saturated carbocycles. The average Bonchev–Trinajstić information content (AvgIpc) is 2.65. The molecule has 2 heterocycles. The van der Waals surface area contributed by atoms with E-state index in [4.69, 9.17) is 10.5 Å². The van der Waals surface area contributed by atoms with E-state index < -0.39 is 0 Å². The van der Waals surface area contributed by atoms with Gasteiger partial charge in [0.05, 0.1) is 13.2 Å². The van der Waals surface area contributed by atoms with Crippen LogP contribution in [0.5, 0.6) is 0 Å². The van der Waals surface area contributed by atoms with Gasteiger partial charge in [0.1, 0.15) is 6.04 Å². The number of primary amides is 1. The molecule has 0 aliphatic carbocycles. The molecule has 1 aliphatic rings. The van der Waals surface area contributed by atoms with Gasteiger partial charge in [-0.1, -0.05) is 0 Å². The number of carbonyl (C=O) groups is 1. The molecule has 88 valence electrons. The molecule has 1 aromatic rings. The van der Waals surface area contributed by atoms with E-state index in [1.165, 1.54) is 4.88 Å². The Bertz CT molecular complexity index is 383. The van der Waals surface area contributed by atoms with Crippen molar-refractivity contribution in [2.45, 2.75) is 12.6 Å². The molecular weight excluding hydrogens is 292 g/mol. The number of nitrogens with zero attached hydrogens (tertiary/aromatic N) is 1. The number of carbonyl (C=O) groups excluding carboxylic acids is 1. The zero-order chi connectivity index (χ0) is 11.5. The SMILES string of the molecule is NC(=O)C1COCCN1Cc1sccc1Br. The molecular formula is C10H13BrN2O2S. The first-order chi connectivity index (χ1) is 7.68. The highest BCUT2D eigenvalue weighted by Gasteiger charge is 2.28. The topological polar surface area (TPSA) is 55.6 Å². The average molecular weight is 305 g/mol. The van der Waals surface area contributed by atoms with Crippen molar-refractivity contribution in [1.29, 1.82) is 0 Å². The Morgan fingerprint density at radius 2 is 2.56 bits per heavy atom. The molecule has 1 fully saturated rings. The number of hydrogen-bond acceptors (Lipinski definition) is 4. The van der Waals surface area contributed by atoms with Crippen molar-refractivity contribution in [3.05, 3.63) is 20.8 Å². The summed E-state index contributed by atoms with van der Waals surface area (Å²) in [6.45, 7) is 2.55. The third-order valence-electron chi connectivity index (χ3n) is 2.61. The molecule has 1 unspecified atom stereocenters. The van der Waals surface area contributed by atoms with Crippen LogP contribution in [0.4, 0.5) is 0 Å². The Hall–Kier alpha value is -0.430. The van der Waals surface area contributed by atoms with E-state index in [9.17, 15) is 4.79 Å². The predicted octanol–water partition coefficient (Wildman–Crippen LogP) is 1.20. The standard InChI is InChI=1S/C10H13BrN2O2S/c11-7-1-4-16-9(7)5-13-2-3-15-6-8(13)10(12)14/h1,4,8H,2-3,5-6H2,(H2,12,14). The fourth-order valence-electron chi connectivity index (χ4n) is 1.71. The second-order valence-electron chi connectivity index (χ2n) is 3.66. The van der Waals surface area contributed by atoms with Crippen LogP contribution in [0.2, 0.25) is 0 Å². The number of nitrogens with two attached hydrogens (primary N) is 1. The Morgan fingerprint density at radius 1 is 1.75 bits per heavy atom. The van der Waals surface area contributed by atoms with Crippen LogP contribution in [0.3, 0.4) is 0 Å². The van der Waals surface area contributed by atoms with Crippen LogP contribution >= 0.6 is 27.3 Å². The van der Waals surface area contributed by atoms with Crippen molar-refractivity contribution >= 4 is 33.2 Å². The van der Waals surface area contributed by atoms with Crippen LogP contribution in [0, 0.1) is 0 Å². The minimum absolute atomic E-state index is 0.303. The Kier molecular flexibility index (Phi) is 3.96. The van der Waals surface area contributed by atoms with E-state index in [0.717, 1.165) is 17.6 Å². The van der Waals surface area contributed by atoms with Gasteiger partial charge in [-0.05, 0) is 27.4 Å². The quantitative estimate of drug-likeness (QED) is 0.913. The monoisotopic (exact) mass is 304 g/mol. The summed E-state index contributed by atoms with van der Waals surface area (Å²) in [7, 11) is 0. The summed E-state index contributed by atoms with van der Waals surface area (Å²) in [6.07, 6.45) is 0. The predicted molar refractivity (Wildman–Crippen MR) is 66.2 cm³/mol. The number of amides is 1. The number of hydrogen-bond donors (Lipinski definition) is 1. The molecule has 0 aromatic carbocycles. The minimum Gasteiger partial charge on any atom is -0.378 e. The van der Waals surface area contributed by atoms with Gasteiger partial charge in [-0.15, -0.1) is 11.3 Å². The highest BCUT2D eigenvalue weighted by Crippen LogP contribution is 2.25. The zero-order valence-electron chi connectivity index (χ0n) is 8.69. The summed E-state index contributed by atoms with van der Waals surface area (Å²) in [5, 5.41) is 2.03. The zero-order valence-corrected chi connectivity index (χ0v) is 11.1. The fraction of sp³-hybridized carbons (Fsp3) is 0.500. The molecule has 1 aliphatic heterocycles. The number of morpholine rings is 1. The second kappa shape index (κ2) is 5.27. The van der Waals surface area contributed by atoms with Crippen molar-refractivity contribution in [3.8, 4) is 0 Å². The van der Waals surface area contributed by atoms with Crippen molar-refractivity contribution in [2.75, 3.05) is 19.8 Å². The highest BCUT2D eigenvalue weighted by molar-refractivity contribution is 9.10. The lowest BCUT2D eigenvalue weighted by molar-refractivity contribution is -0.129. The lowest BCUT2D eigenvalue weighted by Crippen LogP contribution is -2.51. The Morgan fingerprint density at radius 3 is 3.19 bits per heavy atom. The molecule has 1 aromatic heterocycles. The highest BCUT2D eigenvalue weighted by atomic mass is 79.9. The summed E-state index contributed by atoms with van der Waals surface area (Å²) in [5.74, 6) is -0.313. The van der Waals surface area contributed by atoms with Gasteiger partial charge in [0.25, 0.3) is 0 Å². The van der Waals surface area contributed by atoms with Crippen LogP contribution < -0.4 is 5.73 Å². The summed E-state index contributed by atoms with van der Waals surface area (Å²) >= 11 is 5.16. The van der Waals surface area contributed by atoms with Crippen LogP contribution in [0.15, 0.2) is 15.9 Å². The number of rotatable bonds is 3. The van der Waals surface area contributed by atoms with Crippen LogP contribution in [0.25, 0.3) is 0 Å². The Labute approximate surface area is 106 Å². The smallest absolute Gasteiger partial charge is 0.237 e. The van der Waals surface area contributed by atoms with E-state index in [1.54, 1.807) is 11.3 Å². The molecule has 1 amide bonds. The lowest BCUT2D eigenvalue weighted by atomic mass is 10.2. The molecule has 4 nitrogen and oxygen atoms in total. The van der Waals surface area contributed by atoms with Gasteiger partial charge in [0.2, 0.25) is 5.91 Å². The maximum Gasteiger partial charge on any atom is 0.237 e. The molecule has 1 saturated heterocycles. The van der Waals surface area contributed by atoms with Gasteiger partial charge in [-0.25, -0.2) is 0 Å². The molecule has 16 heavy (non-hydrogen) atoms. The number of ether oxygens (including phenoxy) is 1. The van der Waals surface area contributed by atoms with Crippen molar-refractivity contribution in [2.24, 2.45) is 5.73 Å². The molecule has 1 atom stereocenters.